The van der Waals surface area contributed by atoms with Crippen LogP contribution in [0.4, 0.5) is 27.8 Å². The second kappa shape index (κ2) is 9.90. The van der Waals surface area contributed by atoms with Gasteiger partial charge in [0.15, 0.2) is 0 Å². The van der Waals surface area contributed by atoms with Crippen molar-refractivity contribution in [1.29, 1.82) is 0 Å². The molecule has 0 spiro atoms. The molecule has 0 radical (unpaired) electrons. The van der Waals surface area contributed by atoms with Gasteiger partial charge >= 0.3 is 6.03 Å². The van der Waals surface area contributed by atoms with Crippen LogP contribution in [-0.2, 0) is 6.54 Å². The number of methoxy groups -OCH3 is 1. The second-order valence-corrected chi connectivity index (χ2v) is 7.41. The number of hydrogen-bond acceptors (Lipinski definition) is 6. The fourth-order valence-corrected chi connectivity index (χ4v) is 3.57. The van der Waals surface area contributed by atoms with Crippen LogP contribution < -0.4 is 20.7 Å². The van der Waals surface area contributed by atoms with Crippen LogP contribution in [0.2, 0.25) is 0 Å². The number of nitrogens with zero attached hydrogens (tertiary/aromatic N) is 3. The van der Waals surface area contributed by atoms with E-state index < -0.39 is 6.03 Å². The number of carbonyl (C=O) groups is 1. The van der Waals surface area contributed by atoms with Gasteiger partial charge < -0.3 is 15.4 Å². The van der Waals surface area contributed by atoms with Gasteiger partial charge in [0.1, 0.15) is 23.7 Å². The Morgan fingerprint density at radius 1 is 0.968 bits per heavy atom. The maximum absolute atomic E-state index is 12.3. The van der Waals surface area contributed by atoms with E-state index in [2.05, 4.69) is 43.0 Å². The lowest BCUT2D eigenvalue weighted by Gasteiger charge is -2.15. The lowest BCUT2D eigenvalue weighted by molar-refractivity contribution is 0.262. The number of aromatic nitrogens is 2. The van der Waals surface area contributed by atoms with Crippen LogP contribution in [0.5, 0.6) is 5.75 Å². The second-order valence-electron chi connectivity index (χ2n) is 7.41. The number of nitrogens with one attached hydrogen (secondary N) is 3. The van der Waals surface area contributed by atoms with E-state index in [1.807, 2.05) is 18.2 Å². The summed E-state index contributed by atoms with van der Waals surface area (Å²) in [6, 6.07) is 16.7. The van der Waals surface area contributed by atoms with E-state index in [4.69, 9.17) is 4.74 Å². The molecule has 31 heavy (non-hydrogen) atoms. The van der Waals surface area contributed by atoms with Gasteiger partial charge in [0, 0.05) is 30.1 Å². The highest BCUT2D eigenvalue weighted by Gasteiger charge is 2.12. The molecule has 1 aliphatic heterocycles. The van der Waals surface area contributed by atoms with E-state index in [9.17, 15) is 4.79 Å². The highest BCUT2D eigenvalue weighted by atomic mass is 16.5. The minimum atomic E-state index is -0.398. The van der Waals surface area contributed by atoms with E-state index in [-0.39, 0.29) is 0 Å². The van der Waals surface area contributed by atoms with Crippen LogP contribution in [0.25, 0.3) is 0 Å². The van der Waals surface area contributed by atoms with Gasteiger partial charge in [0.2, 0.25) is 0 Å². The molecule has 0 atom stereocenters. The summed E-state index contributed by atoms with van der Waals surface area (Å²) in [5, 5.41) is 8.78. The molecule has 1 aromatic heterocycles. The first-order valence-electron chi connectivity index (χ1n) is 10.3. The van der Waals surface area contributed by atoms with Crippen LogP contribution in [0.3, 0.4) is 0 Å². The maximum Gasteiger partial charge on any atom is 0.324 e. The first-order chi connectivity index (χ1) is 15.2. The van der Waals surface area contributed by atoms with E-state index in [0.29, 0.717) is 23.1 Å². The first kappa shape index (κ1) is 20.6. The summed E-state index contributed by atoms with van der Waals surface area (Å²) >= 11 is 0. The number of anilines is 4. The van der Waals surface area contributed by atoms with Gasteiger partial charge in [-0.15, -0.1) is 0 Å². The Morgan fingerprint density at radius 3 is 2.58 bits per heavy atom. The first-order valence-corrected chi connectivity index (χ1v) is 10.3. The predicted molar refractivity (Wildman–Crippen MR) is 122 cm³/mol. The number of benzene rings is 2. The highest BCUT2D eigenvalue weighted by molar-refractivity contribution is 5.99. The zero-order valence-corrected chi connectivity index (χ0v) is 17.5. The molecular formula is C23H26N6O2. The fourth-order valence-electron chi connectivity index (χ4n) is 3.57. The Morgan fingerprint density at radius 2 is 1.74 bits per heavy atom. The molecule has 2 heterocycles. The van der Waals surface area contributed by atoms with Crippen molar-refractivity contribution in [3.05, 3.63) is 66.5 Å². The molecule has 1 fully saturated rings. The van der Waals surface area contributed by atoms with E-state index >= 15 is 0 Å². The lowest BCUT2D eigenvalue weighted by atomic mass is 10.2. The molecule has 4 rings (SSSR count). The Bertz CT molecular complexity index is 1040. The zero-order valence-electron chi connectivity index (χ0n) is 17.5. The average molecular weight is 419 g/mol. The molecular weight excluding hydrogens is 392 g/mol. The normalized spacial score (nSPS) is 13.6. The lowest BCUT2D eigenvalue weighted by Crippen LogP contribution is -2.20. The van der Waals surface area contributed by atoms with Crippen LogP contribution >= 0.6 is 0 Å². The number of urea groups is 1. The Labute approximate surface area is 181 Å². The minimum absolute atomic E-state index is 0.395. The summed E-state index contributed by atoms with van der Waals surface area (Å²) in [5.74, 6) is 1.66. The largest absolute Gasteiger partial charge is 0.497 e. The van der Waals surface area contributed by atoms with Crippen LogP contribution in [0, 0.1) is 0 Å². The van der Waals surface area contributed by atoms with Crippen molar-refractivity contribution in [2.75, 3.05) is 36.1 Å². The predicted octanol–water partition coefficient (Wildman–Crippen LogP) is 4.47. The molecule has 2 amide bonds. The standard InChI is InChI=1S/C23H26N6O2/c1-31-20-9-5-8-19(13-20)27-23(30)28-22-14-21(24-16-25-22)26-18-7-4-6-17(12-18)15-29-10-2-3-11-29/h4-9,12-14,16H,2-3,10-11,15H2,1H3,(H3,24,25,26,27,28,30). The molecule has 8 heteroatoms. The van der Waals surface area contributed by atoms with Crippen molar-refractivity contribution >= 4 is 29.0 Å². The van der Waals surface area contributed by atoms with Gasteiger partial charge in [-0.1, -0.05) is 18.2 Å². The van der Waals surface area contributed by atoms with Crippen molar-refractivity contribution in [3.63, 3.8) is 0 Å². The SMILES string of the molecule is COc1cccc(NC(=O)Nc2cc(Nc3cccc(CN4CCCC4)c3)ncn2)c1. The summed E-state index contributed by atoms with van der Waals surface area (Å²) in [7, 11) is 1.58. The van der Waals surface area contributed by atoms with Crippen molar-refractivity contribution in [1.82, 2.24) is 14.9 Å². The van der Waals surface area contributed by atoms with E-state index in [1.165, 1.54) is 24.7 Å². The number of likely N-dealkylation sites (tertiary alicyclic amines) is 1. The minimum Gasteiger partial charge on any atom is -0.497 e. The molecule has 2 aromatic carbocycles. The molecule has 3 aromatic rings. The highest BCUT2D eigenvalue weighted by Crippen LogP contribution is 2.20. The summed E-state index contributed by atoms with van der Waals surface area (Å²) in [5.41, 5.74) is 2.83. The number of carbonyl (C=O) groups excluding carboxylic acids is 1. The van der Waals surface area contributed by atoms with Gasteiger partial charge in [0.25, 0.3) is 0 Å². The number of ether oxygens (including phenoxy) is 1. The summed E-state index contributed by atoms with van der Waals surface area (Å²) in [6.07, 6.45) is 3.97. The molecule has 8 nitrogen and oxygen atoms in total. The number of hydrogen-bond donors (Lipinski definition) is 3. The summed E-state index contributed by atoms with van der Waals surface area (Å²) in [4.78, 5) is 23.2. The smallest absolute Gasteiger partial charge is 0.324 e. The van der Waals surface area contributed by atoms with E-state index in [0.717, 1.165) is 25.3 Å². The van der Waals surface area contributed by atoms with Crippen molar-refractivity contribution in [3.8, 4) is 5.75 Å². The fraction of sp³-hybridized carbons (Fsp3) is 0.261. The van der Waals surface area contributed by atoms with Crippen LogP contribution in [-0.4, -0.2) is 41.1 Å². The summed E-state index contributed by atoms with van der Waals surface area (Å²) < 4.78 is 5.17. The Kier molecular flexibility index (Phi) is 6.59. The van der Waals surface area contributed by atoms with Gasteiger partial charge in [-0.3, -0.25) is 10.2 Å². The third-order valence-corrected chi connectivity index (χ3v) is 5.04. The zero-order chi connectivity index (χ0) is 21.5. The third-order valence-electron chi connectivity index (χ3n) is 5.04. The molecule has 160 valence electrons. The quantitative estimate of drug-likeness (QED) is 0.524. The molecule has 0 unspecified atom stereocenters. The Balaban J connectivity index is 1.37. The van der Waals surface area contributed by atoms with E-state index in [1.54, 1.807) is 31.4 Å². The molecule has 0 aliphatic carbocycles. The molecule has 1 saturated heterocycles. The summed E-state index contributed by atoms with van der Waals surface area (Å²) in [6.45, 7) is 3.28. The van der Waals surface area contributed by atoms with Crippen molar-refractivity contribution < 1.29 is 9.53 Å². The van der Waals surface area contributed by atoms with Gasteiger partial charge in [0.05, 0.1) is 7.11 Å². The van der Waals surface area contributed by atoms with Crippen molar-refractivity contribution in [2.45, 2.75) is 19.4 Å². The molecule has 0 bridgehead atoms. The topological polar surface area (TPSA) is 91.4 Å². The average Bonchev–Trinajstić information content (AvgIpc) is 3.27. The Hall–Kier alpha value is -3.65. The number of rotatable bonds is 7. The van der Waals surface area contributed by atoms with Crippen LogP contribution in [0.15, 0.2) is 60.9 Å². The molecule has 0 saturated carbocycles. The van der Waals surface area contributed by atoms with Crippen LogP contribution in [0.1, 0.15) is 18.4 Å². The monoisotopic (exact) mass is 418 g/mol. The van der Waals surface area contributed by atoms with Gasteiger partial charge in [-0.2, -0.15) is 0 Å². The third kappa shape index (κ3) is 5.93. The maximum atomic E-state index is 12.3. The number of amides is 2. The molecule has 3 N–H and O–H groups in total. The van der Waals surface area contributed by atoms with Gasteiger partial charge in [-0.25, -0.2) is 14.8 Å². The van der Waals surface area contributed by atoms with Gasteiger partial charge in [-0.05, 0) is 55.8 Å². The molecule has 1 aliphatic rings. The van der Waals surface area contributed by atoms with Crippen molar-refractivity contribution in [2.24, 2.45) is 0 Å².